The topological polar surface area (TPSA) is 54.2 Å². The van der Waals surface area contributed by atoms with Crippen LogP contribution in [0.1, 0.15) is 37.3 Å². The predicted octanol–water partition coefficient (Wildman–Crippen LogP) is 0.611. The van der Waals surface area contributed by atoms with Crippen LogP contribution in [-0.2, 0) is 13.6 Å². The Kier molecular flexibility index (Phi) is 2.67. The molecule has 5 heteroatoms. The Morgan fingerprint density at radius 1 is 1.24 bits per heavy atom. The van der Waals surface area contributed by atoms with Crippen molar-refractivity contribution in [1.29, 1.82) is 0 Å². The fourth-order valence-corrected chi connectivity index (χ4v) is 3.26. The van der Waals surface area contributed by atoms with Gasteiger partial charge in [0, 0.05) is 19.1 Å². The molecule has 3 heterocycles. The third kappa shape index (κ3) is 1.87. The quantitative estimate of drug-likeness (QED) is 0.817. The number of nitrogens with zero attached hydrogens (tertiary/aromatic N) is 4. The van der Waals surface area contributed by atoms with E-state index in [4.69, 9.17) is 0 Å². The van der Waals surface area contributed by atoms with Gasteiger partial charge < -0.3 is 9.67 Å². The Morgan fingerprint density at radius 2 is 1.88 bits per heavy atom. The van der Waals surface area contributed by atoms with Crippen LogP contribution in [0, 0.1) is 6.92 Å². The van der Waals surface area contributed by atoms with E-state index < -0.39 is 0 Å². The highest BCUT2D eigenvalue weighted by Gasteiger charge is 2.40. The van der Waals surface area contributed by atoms with Gasteiger partial charge in [0.1, 0.15) is 11.6 Å². The van der Waals surface area contributed by atoms with Gasteiger partial charge in [0.15, 0.2) is 0 Å². The number of aromatic nitrogens is 3. The molecule has 2 atom stereocenters. The second-order valence-electron chi connectivity index (χ2n) is 5.41. The number of aliphatic hydroxyl groups excluding tert-OH is 1. The fraction of sp³-hybridized carbons (Fsp3) is 0.833. The van der Waals surface area contributed by atoms with E-state index in [2.05, 4.69) is 19.7 Å². The highest BCUT2D eigenvalue weighted by molar-refractivity contribution is 5.00. The molecule has 2 saturated heterocycles. The zero-order valence-corrected chi connectivity index (χ0v) is 10.5. The highest BCUT2D eigenvalue weighted by Crippen LogP contribution is 2.36. The molecule has 2 bridgehead atoms. The SMILES string of the molecule is Cc1nnc(CN2C3CCC2CC(O)C3)n1C. The molecule has 2 aliphatic heterocycles. The van der Waals surface area contributed by atoms with Crippen molar-refractivity contribution >= 4 is 0 Å². The summed E-state index contributed by atoms with van der Waals surface area (Å²) in [5.41, 5.74) is 0. The number of fused-ring (bicyclic) bond motifs is 2. The summed E-state index contributed by atoms with van der Waals surface area (Å²) in [6, 6.07) is 1.08. The van der Waals surface area contributed by atoms with E-state index in [0.29, 0.717) is 12.1 Å². The third-order valence-electron chi connectivity index (χ3n) is 4.37. The lowest BCUT2D eigenvalue weighted by atomic mass is 10.00. The summed E-state index contributed by atoms with van der Waals surface area (Å²) in [6.45, 7) is 2.85. The minimum Gasteiger partial charge on any atom is -0.393 e. The van der Waals surface area contributed by atoms with Gasteiger partial charge in [-0.2, -0.15) is 0 Å². The summed E-state index contributed by atoms with van der Waals surface area (Å²) in [4.78, 5) is 2.51. The van der Waals surface area contributed by atoms with Crippen LogP contribution in [0.5, 0.6) is 0 Å². The van der Waals surface area contributed by atoms with Crippen molar-refractivity contribution in [1.82, 2.24) is 19.7 Å². The van der Waals surface area contributed by atoms with E-state index in [1.165, 1.54) is 12.8 Å². The number of rotatable bonds is 2. The van der Waals surface area contributed by atoms with Gasteiger partial charge in [-0.15, -0.1) is 10.2 Å². The molecule has 17 heavy (non-hydrogen) atoms. The molecule has 2 unspecified atom stereocenters. The first-order valence-corrected chi connectivity index (χ1v) is 6.44. The summed E-state index contributed by atoms with van der Waals surface area (Å²) < 4.78 is 2.06. The first-order chi connectivity index (χ1) is 8.15. The van der Waals surface area contributed by atoms with Crippen molar-refractivity contribution < 1.29 is 5.11 Å². The fourth-order valence-electron chi connectivity index (χ4n) is 3.26. The molecule has 0 saturated carbocycles. The molecule has 3 rings (SSSR count). The normalized spacial score (nSPS) is 33.2. The Hall–Kier alpha value is -0.940. The van der Waals surface area contributed by atoms with Crippen LogP contribution in [0.4, 0.5) is 0 Å². The molecule has 94 valence electrons. The van der Waals surface area contributed by atoms with E-state index in [1.807, 2.05) is 14.0 Å². The van der Waals surface area contributed by atoms with Crippen molar-refractivity contribution in [2.45, 2.75) is 57.3 Å². The summed E-state index contributed by atoms with van der Waals surface area (Å²) in [6.07, 6.45) is 4.20. The predicted molar refractivity (Wildman–Crippen MR) is 63.3 cm³/mol. The number of hydrogen-bond donors (Lipinski definition) is 1. The number of aryl methyl sites for hydroxylation is 1. The maximum absolute atomic E-state index is 9.77. The number of piperidine rings is 1. The highest BCUT2D eigenvalue weighted by atomic mass is 16.3. The lowest BCUT2D eigenvalue weighted by molar-refractivity contribution is 0.0292. The number of hydrogen-bond acceptors (Lipinski definition) is 4. The van der Waals surface area contributed by atoms with Gasteiger partial charge in [-0.25, -0.2) is 0 Å². The second kappa shape index (κ2) is 4.07. The standard InChI is InChI=1S/C12H20N4O/c1-8-13-14-12(15(8)2)7-16-9-3-4-10(16)6-11(17)5-9/h9-11,17H,3-7H2,1-2H3. The van der Waals surface area contributed by atoms with Gasteiger partial charge in [-0.1, -0.05) is 0 Å². The van der Waals surface area contributed by atoms with Crippen LogP contribution < -0.4 is 0 Å². The smallest absolute Gasteiger partial charge is 0.146 e. The Morgan fingerprint density at radius 3 is 2.41 bits per heavy atom. The largest absolute Gasteiger partial charge is 0.393 e. The molecular formula is C12H20N4O. The van der Waals surface area contributed by atoms with Gasteiger partial charge in [0.05, 0.1) is 12.6 Å². The molecule has 0 aliphatic carbocycles. The summed E-state index contributed by atoms with van der Waals surface area (Å²) in [5, 5.41) is 18.1. The molecule has 5 nitrogen and oxygen atoms in total. The second-order valence-corrected chi connectivity index (χ2v) is 5.41. The third-order valence-corrected chi connectivity index (χ3v) is 4.37. The summed E-state index contributed by atoms with van der Waals surface area (Å²) >= 11 is 0. The summed E-state index contributed by atoms with van der Waals surface area (Å²) in [5.74, 6) is 2.00. The lowest BCUT2D eigenvalue weighted by Crippen LogP contribution is -2.44. The van der Waals surface area contributed by atoms with Crippen LogP contribution in [0.25, 0.3) is 0 Å². The zero-order valence-electron chi connectivity index (χ0n) is 10.5. The van der Waals surface area contributed by atoms with Crippen molar-refractivity contribution in [3.63, 3.8) is 0 Å². The van der Waals surface area contributed by atoms with E-state index >= 15 is 0 Å². The minimum absolute atomic E-state index is 0.0926. The average Bonchev–Trinajstić information content (AvgIpc) is 2.72. The molecule has 0 radical (unpaired) electrons. The Bertz CT molecular complexity index is 403. The lowest BCUT2D eigenvalue weighted by Gasteiger charge is -2.36. The molecule has 0 aromatic carbocycles. The van der Waals surface area contributed by atoms with Crippen LogP contribution in [0.2, 0.25) is 0 Å². The first-order valence-electron chi connectivity index (χ1n) is 6.44. The molecular weight excluding hydrogens is 216 g/mol. The van der Waals surface area contributed by atoms with Gasteiger partial charge in [-0.3, -0.25) is 4.90 Å². The van der Waals surface area contributed by atoms with Gasteiger partial charge >= 0.3 is 0 Å². The van der Waals surface area contributed by atoms with Gasteiger partial charge in [0.2, 0.25) is 0 Å². The van der Waals surface area contributed by atoms with E-state index in [-0.39, 0.29) is 6.10 Å². The van der Waals surface area contributed by atoms with Crippen molar-refractivity contribution in [2.75, 3.05) is 0 Å². The molecule has 0 amide bonds. The van der Waals surface area contributed by atoms with Crippen molar-refractivity contribution in [3.8, 4) is 0 Å². The molecule has 1 aromatic rings. The molecule has 2 aliphatic rings. The average molecular weight is 236 g/mol. The van der Waals surface area contributed by atoms with E-state index in [9.17, 15) is 5.11 Å². The maximum Gasteiger partial charge on any atom is 0.146 e. The maximum atomic E-state index is 9.77. The van der Waals surface area contributed by atoms with E-state index in [0.717, 1.165) is 31.0 Å². The van der Waals surface area contributed by atoms with Gasteiger partial charge in [0.25, 0.3) is 0 Å². The molecule has 1 N–H and O–H groups in total. The van der Waals surface area contributed by atoms with Crippen molar-refractivity contribution in [3.05, 3.63) is 11.6 Å². The first kappa shape index (κ1) is 11.2. The van der Waals surface area contributed by atoms with Crippen LogP contribution in [0.15, 0.2) is 0 Å². The number of aliphatic hydroxyl groups is 1. The van der Waals surface area contributed by atoms with Crippen LogP contribution in [0.3, 0.4) is 0 Å². The monoisotopic (exact) mass is 236 g/mol. The van der Waals surface area contributed by atoms with Crippen LogP contribution >= 0.6 is 0 Å². The van der Waals surface area contributed by atoms with Crippen LogP contribution in [-0.4, -0.2) is 43.0 Å². The Labute approximate surface area is 101 Å². The van der Waals surface area contributed by atoms with E-state index in [1.54, 1.807) is 0 Å². The summed E-state index contributed by atoms with van der Waals surface area (Å²) in [7, 11) is 2.02. The molecule has 0 spiro atoms. The minimum atomic E-state index is -0.0926. The Balaban J connectivity index is 1.76. The van der Waals surface area contributed by atoms with Crippen molar-refractivity contribution in [2.24, 2.45) is 7.05 Å². The van der Waals surface area contributed by atoms with Gasteiger partial charge in [-0.05, 0) is 32.6 Å². The molecule has 2 fully saturated rings. The molecule has 1 aromatic heterocycles. The zero-order chi connectivity index (χ0) is 12.0.